The van der Waals surface area contributed by atoms with Gasteiger partial charge in [0.05, 0.1) is 0 Å². The maximum Gasteiger partial charge on any atom is 0.00582 e. The third-order valence-electron chi connectivity index (χ3n) is 2.04. The fourth-order valence-corrected chi connectivity index (χ4v) is 2.89. The molecule has 0 fully saturated rings. The van der Waals surface area contributed by atoms with Crippen LogP contribution in [0.5, 0.6) is 0 Å². The van der Waals surface area contributed by atoms with Gasteiger partial charge in [-0.2, -0.15) is 23.1 Å². The predicted molar refractivity (Wildman–Crippen MR) is 73.1 cm³/mol. The molecule has 0 unspecified atom stereocenters. The summed E-state index contributed by atoms with van der Waals surface area (Å²) in [6, 6.07) is 2.21. The van der Waals surface area contributed by atoms with Gasteiger partial charge in [-0.1, -0.05) is 13.8 Å². The molecule has 1 nitrogen and oxygen atoms in total. The largest absolute Gasteiger partial charge is 0.316 e. The van der Waals surface area contributed by atoms with Crippen molar-refractivity contribution in [2.45, 2.75) is 20.3 Å². The van der Waals surface area contributed by atoms with Crippen molar-refractivity contribution in [3.8, 4) is 0 Å². The highest BCUT2D eigenvalue weighted by atomic mass is 32.2. The van der Waals surface area contributed by atoms with Crippen molar-refractivity contribution >= 4 is 23.1 Å². The molecule has 0 bridgehead atoms. The zero-order chi connectivity index (χ0) is 10.9. The van der Waals surface area contributed by atoms with E-state index >= 15 is 0 Å². The quantitative estimate of drug-likeness (QED) is 0.703. The summed E-state index contributed by atoms with van der Waals surface area (Å²) in [5.74, 6) is 3.34. The average molecular weight is 243 g/mol. The zero-order valence-electron chi connectivity index (χ0n) is 9.66. The van der Waals surface area contributed by atoms with Crippen LogP contribution in [0.25, 0.3) is 0 Å². The van der Waals surface area contributed by atoms with Crippen molar-refractivity contribution in [3.05, 3.63) is 22.4 Å². The van der Waals surface area contributed by atoms with Gasteiger partial charge in [-0.25, -0.2) is 0 Å². The lowest BCUT2D eigenvalue weighted by Crippen LogP contribution is -2.20. The molecule has 1 rings (SSSR count). The molecular weight excluding hydrogens is 222 g/mol. The molecule has 3 heteroatoms. The zero-order valence-corrected chi connectivity index (χ0v) is 11.3. The Balaban J connectivity index is 1.85. The third kappa shape index (κ3) is 6.98. The average Bonchev–Trinajstić information content (AvgIpc) is 2.68. The summed E-state index contributed by atoms with van der Waals surface area (Å²) in [6.45, 7) is 6.80. The molecule has 86 valence electrons. The summed E-state index contributed by atoms with van der Waals surface area (Å²) in [6.07, 6.45) is 1.17. The summed E-state index contributed by atoms with van der Waals surface area (Å²) in [4.78, 5) is 0. The maximum atomic E-state index is 3.48. The van der Waals surface area contributed by atoms with Crippen molar-refractivity contribution in [2.24, 2.45) is 5.92 Å². The van der Waals surface area contributed by atoms with Crippen molar-refractivity contribution in [3.63, 3.8) is 0 Å². The molecule has 0 aromatic carbocycles. The number of hydrogen-bond acceptors (Lipinski definition) is 3. The van der Waals surface area contributed by atoms with Crippen LogP contribution in [0, 0.1) is 5.92 Å². The van der Waals surface area contributed by atoms with Gasteiger partial charge in [-0.15, -0.1) is 0 Å². The smallest absolute Gasteiger partial charge is 0.00582 e. The molecule has 0 aliphatic rings. The van der Waals surface area contributed by atoms with Crippen molar-refractivity contribution < 1.29 is 0 Å². The van der Waals surface area contributed by atoms with Crippen LogP contribution < -0.4 is 5.32 Å². The molecule has 1 aromatic heterocycles. The monoisotopic (exact) mass is 243 g/mol. The highest BCUT2D eigenvalue weighted by molar-refractivity contribution is 7.99. The fourth-order valence-electron chi connectivity index (χ4n) is 1.26. The van der Waals surface area contributed by atoms with Gasteiger partial charge in [0.1, 0.15) is 0 Å². The minimum Gasteiger partial charge on any atom is -0.316 e. The van der Waals surface area contributed by atoms with Gasteiger partial charge in [-0.3, -0.25) is 0 Å². The Morgan fingerprint density at radius 1 is 1.40 bits per heavy atom. The number of nitrogens with one attached hydrogen (secondary N) is 1. The van der Waals surface area contributed by atoms with Gasteiger partial charge in [0.15, 0.2) is 0 Å². The first-order chi connectivity index (χ1) is 7.29. The van der Waals surface area contributed by atoms with Crippen LogP contribution in [-0.4, -0.2) is 24.6 Å². The molecule has 15 heavy (non-hydrogen) atoms. The molecule has 0 radical (unpaired) electrons. The summed E-state index contributed by atoms with van der Waals surface area (Å²) < 4.78 is 0. The van der Waals surface area contributed by atoms with E-state index in [0.717, 1.165) is 19.0 Å². The molecular formula is C12H21NS2. The predicted octanol–water partition coefficient (Wildman–Crippen LogP) is 3.27. The highest BCUT2D eigenvalue weighted by Gasteiger charge is 1.95. The molecule has 0 atom stereocenters. The number of hydrogen-bond donors (Lipinski definition) is 1. The first-order valence-electron chi connectivity index (χ1n) is 5.58. The molecule has 1 N–H and O–H groups in total. The van der Waals surface area contributed by atoms with Gasteiger partial charge in [0, 0.05) is 12.3 Å². The van der Waals surface area contributed by atoms with Crippen LogP contribution in [0.15, 0.2) is 16.8 Å². The fraction of sp³-hybridized carbons (Fsp3) is 0.667. The summed E-state index contributed by atoms with van der Waals surface area (Å²) >= 11 is 3.83. The topological polar surface area (TPSA) is 12.0 Å². The molecule has 0 aliphatic carbocycles. The first kappa shape index (κ1) is 13.1. The number of thioether (sulfide) groups is 1. The minimum absolute atomic E-state index is 0.820. The van der Waals surface area contributed by atoms with E-state index in [9.17, 15) is 0 Å². The normalized spacial score (nSPS) is 11.1. The van der Waals surface area contributed by atoms with Gasteiger partial charge in [-0.05, 0) is 47.0 Å². The standard InChI is InChI=1S/C12H21NS2/c1-11(2)9-15-8-6-13-5-3-12-4-7-14-10-12/h4,7,10-11,13H,3,5-6,8-9H2,1-2H3. The summed E-state index contributed by atoms with van der Waals surface area (Å²) in [5, 5.41) is 7.86. The molecule has 0 aliphatic heterocycles. The second kappa shape index (κ2) is 8.20. The van der Waals surface area contributed by atoms with E-state index in [4.69, 9.17) is 0 Å². The summed E-state index contributed by atoms with van der Waals surface area (Å²) in [5.41, 5.74) is 1.46. The van der Waals surface area contributed by atoms with E-state index < -0.39 is 0 Å². The third-order valence-corrected chi connectivity index (χ3v) is 4.17. The Bertz CT molecular complexity index is 232. The first-order valence-corrected chi connectivity index (χ1v) is 7.68. The van der Waals surface area contributed by atoms with E-state index in [1.54, 1.807) is 11.3 Å². The Kier molecular flexibility index (Phi) is 7.14. The lowest BCUT2D eigenvalue weighted by molar-refractivity contribution is 0.718. The van der Waals surface area contributed by atoms with Gasteiger partial charge >= 0.3 is 0 Å². The van der Waals surface area contributed by atoms with E-state index in [-0.39, 0.29) is 0 Å². The molecule has 1 heterocycles. The lowest BCUT2D eigenvalue weighted by atomic mass is 10.2. The van der Waals surface area contributed by atoms with Crippen LogP contribution >= 0.6 is 23.1 Å². The van der Waals surface area contributed by atoms with Gasteiger partial charge < -0.3 is 5.32 Å². The van der Waals surface area contributed by atoms with Crippen molar-refractivity contribution in [2.75, 3.05) is 24.6 Å². The Morgan fingerprint density at radius 2 is 2.27 bits per heavy atom. The second-order valence-electron chi connectivity index (χ2n) is 4.10. The van der Waals surface area contributed by atoms with Crippen LogP contribution in [0.1, 0.15) is 19.4 Å². The molecule has 0 spiro atoms. The van der Waals surface area contributed by atoms with Crippen molar-refractivity contribution in [1.82, 2.24) is 5.32 Å². The minimum atomic E-state index is 0.820. The maximum absolute atomic E-state index is 3.48. The van der Waals surface area contributed by atoms with E-state index in [1.165, 1.54) is 23.5 Å². The SMILES string of the molecule is CC(C)CSCCNCCc1ccsc1. The van der Waals surface area contributed by atoms with Crippen LogP contribution in [-0.2, 0) is 6.42 Å². The highest BCUT2D eigenvalue weighted by Crippen LogP contribution is 2.07. The van der Waals surface area contributed by atoms with Crippen LogP contribution in [0.4, 0.5) is 0 Å². The van der Waals surface area contributed by atoms with E-state index in [1.807, 2.05) is 11.8 Å². The molecule has 0 amide bonds. The van der Waals surface area contributed by atoms with Gasteiger partial charge in [0.25, 0.3) is 0 Å². The van der Waals surface area contributed by atoms with Gasteiger partial charge in [0.2, 0.25) is 0 Å². The lowest BCUT2D eigenvalue weighted by Gasteiger charge is -2.05. The summed E-state index contributed by atoms with van der Waals surface area (Å²) in [7, 11) is 0. The Labute approximate surface area is 102 Å². The van der Waals surface area contributed by atoms with Crippen molar-refractivity contribution in [1.29, 1.82) is 0 Å². The van der Waals surface area contributed by atoms with E-state index in [2.05, 4.69) is 36.0 Å². The Hall–Kier alpha value is 0.01000. The second-order valence-corrected chi connectivity index (χ2v) is 6.03. The van der Waals surface area contributed by atoms with Crippen LogP contribution in [0.3, 0.4) is 0 Å². The van der Waals surface area contributed by atoms with Crippen LogP contribution in [0.2, 0.25) is 0 Å². The number of rotatable bonds is 8. The number of thiophene rings is 1. The van der Waals surface area contributed by atoms with E-state index in [0.29, 0.717) is 0 Å². The molecule has 0 saturated heterocycles. The molecule has 0 saturated carbocycles. The Morgan fingerprint density at radius 3 is 2.93 bits per heavy atom. The molecule has 1 aromatic rings.